The number of nitrogens with zero attached hydrogens (tertiary/aromatic N) is 3. The van der Waals surface area contributed by atoms with Gasteiger partial charge in [0.05, 0.1) is 24.6 Å². The first-order chi connectivity index (χ1) is 14.1. The third kappa shape index (κ3) is 5.94. The van der Waals surface area contributed by atoms with Gasteiger partial charge in [0, 0.05) is 19.6 Å². The van der Waals surface area contributed by atoms with Crippen LogP contribution >= 0.6 is 0 Å². The number of carbonyl (C=O) groups is 1. The van der Waals surface area contributed by atoms with E-state index in [9.17, 15) is 4.79 Å². The van der Waals surface area contributed by atoms with Gasteiger partial charge in [0.1, 0.15) is 11.6 Å². The molecule has 2 heterocycles. The predicted molar refractivity (Wildman–Crippen MR) is 118 cm³/mol. The van der Waals surface area contributed by atoms with Crippen LogP contribution in [0.3, 0.4) is 0 Å². The molecule has 3 rings (SSSR count). The van der Waals surface area contributed by atoms with Gasteiger partial charge in [-0.3, -0.25) is 4.79 Å². The highest BCUT2D eigenvalue weighted by Crippen LogP contribution is 2.20. The highest BCUT2D eigenvalue weighted by Gasteiger charge is 2.17. The topological polar surface area (TPSA) is 57.7 Å². The van der Waals surface area contributed by atoms with Gasteiger partial charge in [0.15, 0.2) is 0 Å². The summed E-state index contributed by atoms with van der Waals surface area (Å²) in [5, 5.41) is 2.90. The molecule has 0 aliphatic carbocycles. The number of hydrogen-bond donors (Lipinski definition) is 1. The normalized spacial score (nSPS) is 15.2. The number of nitrogens with one attached hydrogen (secondary N) is 1. The molecule has 1 aromatic carbocycles. The fourth-order valence-electron chi connectivity index (χ4n) is 3.54. The van der Waals surface area contributed by atoms with Gasteiger partial charge in [-0.15, -0.1) is 0 Å². The maximum absolute atomic E-state index is 12.5. The van der Waals surface area contributed by atoms with Gasteiger partial charge in [-0.2, -0.15) is 0 Å². The SMILES string of the molecule is COc1ccccc1C(=O)Nc1ccc(N2CCCN(CCC(C)C)CC2)nc1. The zero-order valence-electron chi connectivity index (χ0n) is 17.7. The minimum absolute atomic E-state index is 0.201. The molecule has 0 radical (unpaired) electrons. The average Bonchev–Trinajstić information content (AvgIpc) is 2.98. The Kier molecular flexibility index (Phi) is 7.47. The lowest BCUT2D eigenvalue weighted by Crippen LogP contribution is -2.32. The molecule has 0 unspecified atom stereocenters. The maximum Gasteiger partial charge on any atom is 0.259 e. The quantitative estimate of drug-likeness (QED) is 0.769. The summed E-state index contributed by atoms with van der Waals surface area (Å²) in [5.41, 5.74) is 1.19. The molecular formula is C23H32N4O2. The summed E-state index contributed by atoms with van der Waals surface area (Å²) >= 11 is 0. The number of anilines is 2. The van der Waals surface area contributed by atoms with E-state index in [4.69, 9.17) is 4.74 Å². The third-order valence-corrected chi connectivity index (χ3v) is 5.29. The van der Waals surface area contributed by atoms with Crippen LogP contribution in [-0.2, 0) is 0 Å². The van der Waals surface area contributed by atoms with Gasteiger partial charge in [-0.1, -0.05) is 26.0 Å². The number of methoxy groups -OCH3 is 1. The van der Waals surface area contributed by atoms with Crippen molar-refractivity contribution in [1.82, 2.24) is 9.88 Å². The molecule has 1 aromatic heterocycles. The van der Waals surface area contributed by atoms with Crippen LogP contribution in [0.15, 0.2) is 42.6 Å². The Morgan fingerprint density at radius 2 is 1.97 bits per heavy atom. The van der Waals surface area contributed by atoms with Gasteiger partial charge < -0.3 is 19.9 Å². The van der Waals surface area contributed by atoms with Crippen molar-refractivity contribution in [2.24, 2.45) is 5.92 Å². The highest BCUT2D eigenvalue weighted by molar-refractivity contribution is 6.06. The Morgan fingerprint density at radius 1 is 1.14 bits per heavy atom. The van der Waals surface area contributed by atoms with E-state index in [2.05, 4.69) is 33.9 Å². The van der Waals surface area contributed by atoms with Crippen LogP contribution in [0.1, 0.15) is 37.0 Å². The molecule has 6 nitrogen and oxygen atoms in total. The van der Waals surface area contributed by atoms with Crippen molar-refractivity contribution in [3.8, 4) is 5.75 Å². The summed E-state index contributed by atoms with van der Waals surface area (Å²) in [6.45, 7) is 9.95. The first kappa shape index (κ1) is 21.1. The summed E-state index contributed by atoms with van der Waals surface area (Å²) in [5.74, 6) is 2.06. The van der Waals surface area contributed by atoms with Crippen molar-refractivity contribution in [3.05, 3.63) is 48.2 Å². The maximum atomic E-state index is 12.5. The second-order valence-electron chi connectivity index (χ2n) is 7.92. The molecule has 1 fully saturated rings. The van der Waals surface area contributed by atoms with E-state index in [1.165, 1.54) is 13.0 Å². The third-order valence-electron chi connectivity index (χ3n) is 5.29. The molecule has 0 bridgehead atoms. The van der Waals surface area contributed by atoms with Crippen molar-refractivity contribution < 1.29 is 9.53 Å². The van der Waals surface area contributed by atoms with Crippen LogP contribution in [0.2, 0.25) is 0 Å². The standard InChI is InChI=1S/C23H32N4O2/c1-18(2)11-14-26-12-6-13-27(16-15-26)22-10-9-19(17-24-22)25-23(28)20-7-4-5-8-21(20)29-3/h4-5,7-10,17-18H,6,11-16H2,1-3H3,(H,25,28). The predicted octanol–water partition coefficient (Wildman–Crippen LogP) is 3.90. The number of benzene rings is 1. The molecular weight excluding hydrogens is 364 g/mol. The number of hydrogen-bond acceptors (Lipinski definition) is 5. The average molecular weight is 397 g/mol. The molecule has 6 heteroatoms. The molecule has 156 valence electrons. The molecule has 1 saturated heterocycles. The second kappa shape index (κ2) is 10.3. The van der Waals surface area contributed by atoms with Gasteiger partial charge >= 0.3 is 0 Å². The van der Waals surface area contributed by atoms with E-state index in [-0.39, 0.29) is 5.91 Å². The molecule has 1 aliphatic heterocycles. The lowest BCUT2D eigenvalue weighted by Gasteiger charge is -2.23. The minimum atomic E-state index is -0.201. The Balaban J connectivity index is 1.58. The van der Waals surface area contributed by atoms with E-state index < -0.39 is 0 Å². The molecule has 29 heavy (non-hydrogen) atoms. The Bertz CT molecular complexity index is 792. The van der Waals surface area contributed by atoms with Crippen LogP contribution in [-0.4, -0.2) is 55.6 Å². The van der Waals surface area contributed by atoms with Crippen molar-refractivity contribution in [1.29, 1.82) is 0 Å². The Morgan fingerprint density at radius 3 is 2.69 bits per heavy atom. The minimum Gasteiger partial charge on any atom is -0.496 e. The fraction of sp³-hybridized carbons (Fsp3) is 0.478. The summed E-state index contributed by atoms with van der Waals surface area (Å²) < 4.78 is 5.27. The molecule has 2 aromatic rings. The number of aromatic nitrogens is 1. The van der Waals surface area contributed by atoms with E-state index in [1.54, 1.807) is 25.4 Å². The van der Waals surface area contributed by atoms with Crippen LogP contribution in [0.5, 0.6) is 5.75 Å². The van der Waals surface area contributed by atoms with Gasteiger partial charge in [-0.25, -0.2) is 4.98 Å². The zero-order chi connectivity index (χ0) is 20.6. The van der Waals surface area contributed by atoms with E-state index in [1.807, 2.05) is 24.3 Å². The summed E-state index contributed by atoms with van der Waals surface area (Å²) in [6.07, 6.45) is 4.12. The molecule has 1 aliphatic rings. The van der Waals surface area contributed by atoms with Gasteiger partial charge in [0.25, 0.3) is 5.91 Å². The summed E-state index contributed by atoms with van der Waals surface area (Å²) in [6, 6.07) is 11.1. The van der Waals surface area contributed by atoms with Crippen LogP contribution in [0.4, 0.5) is 11.5 Å². The van der Waals surface area contributed by atoms with Crippen LogP contribution < -0.4 is 15.0 Å². The molecule has 0 saturated carbocycles. The van der Waals surface area contributed by atoms with E-state index in [0.29, 0.717) is 17.0 Å². The van der Waals surface area contributed by atoms with Crippen molar-refractivity contribution in [2.75, 3.05) is 50.1 Å². The highest BCUT2D eigenvalue weighted by atomic mass is 16.5. The first-order valence-electron chi connectivity index (χ1n) is 10.4. The molecule has 0 spiro atoms. The van der Waals surface area contributed by atoms with Crippen molar-refractivity contribution in [3.63, 3.8) is 0 Å². The monoisotopic (exact) mass is 396 g/mol. The van der Waals surface area contributed by atoms with Crippen molar-refractivity contribution >= 4 is 17.4 Å². The lowest BCUT2D eigenvalue weighted by molar-refractivity contribution is 0.102. The van der Waals surface area contributed by atoms with E-state index in [0.717, 1.165) is 44.3 Å². The number of ether oxygens (including phenoxy) is 1. The first-order valence-corrected chi connectivity index (χ1v) is 10.4. The zero-order valence-corrected chi connectivity index (χ0v) is 17.7. The molecule has 1 N–H and O–H groups in total. The summed E-state index contributed by atoms with van der Waals surface area (Å²) in [4.78, 5) is 22.0. The molecule has 0 atom stereocenters. The van der Waals surface area contributed by atoms with Gasteiger partial charge in [0.2, 0.25) is 0 Å². The number of rotatable bonds is 7. The lowest BCUT2D eigenvalue weighted by atomic mass is 10.1. The van der Waals surface area contributed by atoms with Gasteiger partial charge in [-0.05, 0) is 56.1 Å². The summed E-state index contributed by atoms with van der Waals surface area (Å²) in [7, 11) is 1.56. The number of para-hydroxylation sites is 1. The fourth-order valence-corrected chi connectivity index (χ4v) is 3.54. The number of amides is 1. The van der Waals surface area contributed by atoms with E-state index >= 15 is 0 Å². The Labute approximate surface area is 173 Å². The Hall–Kier alpha value is -2.60. The number of carbonyl (C=O) groups excluding carboxylic acids is 1. The van der Waals surface area contributed by atoms with Crippen molar-refractivity contribution in [2.45, 2.75) is 26.7 Å². The number of pyridine rings is 1. The van der Waals surface area contributed by atoms with Crippen LogP contribution in [0.25, 0.3) is 0 Å². The smallest absolute Gasteiger partial charge is 0.259 e. The molecule has 1 amide bonds. The van der Waals surface area contributed by atoms with Crippen LogP contribution in [0, 0.1) is 5.92 Å². The largest absolute Gasteiger partial charge is 0.496 e. The second-order valence-corrected chi connectivity index (χ2v) is 7.92.